The molecule has 0 unspecified atom stereocenters. The molecule has 4 rings (SSSR count). The zero-order chi connectivity index (χ0) is 23.8. The van der Waals surface area contributed by atoms with E-state index >= 15 is 0 Å². The van der Waals surface area contributed by atoms with Gasteiger partial charge in [0.05, 0.1) is 11.4 Å². The summed E-state index contributed by atoms with van der Waals surface area (Å²) in [5, 5.41) is 8.19. The number of hydrogen-bond acceptors (Lipinski definition) is 5. The number of halogens is 1. The van der Waals surface area contributed by atoms with Crippen LogP contribution in [0.3, 0.4) is 0 Å². The normalized spacial score (nSPS) is 10.9. The number of aromatic nitrogens is 1. The van der Waals surface area contributed by atoms with Crippen LogP contribution in [0, 0.1) is 0 Å². The third-order valence-electron chi connectivity index (χ3n) is 4.59. The molecular weight excluding hydrogens is 530 g/mol. The highest BCUT2D eigenvalue weighted by atomic mass is 79.9. The summed E-state index contributed by atoms with van der Waals surface area (Å²) in [6.07, 6.45) is 3.26. The molecule has 0 spiro atoms. The molecule has 170 valence electrons. The van der Waals surface area contributed by atoms with E-state index in [-0.39, 0.29) is 17.6 Å². The SMILES string of the molecule is O=C(/C=C/c1ccccc1)Nc1cccc(SCC(=O)Nc2nc(-c3ccc(Br)cc3)cs2)c1. The lowest BCUT2D eigenvalue weighted by atomic mass is 10.2. The van der Waals surface area contributed by atoms with Crippen molar-refractivity contribution < 1.29 is 9.59 Å². The van der Waals surface area contributed by atoms with E-state index in [1.807, 2.05) is 84.2 Å². The summed E-state index contributed by atoms with van der Waals surface area (Å²) < 4.78 is 1.00. The Kier molecular flexibility index (Phi) is 8.30. The predicted molar refractivity (Wildman–Crippen MR) is 145 cm³/mol. The van der Waals surface area contributed by atoms with E-state index < -0.39 is 0 Å². The van der Waals surface area contributed by atoms with Gasteiger partial charge in [-0.1, -0.05) is 64.5 Å². The molecule has 1 heterocycles. The maximum atomic E-state index is 12.4. The van der Waals surface area contributed by atoms with Crippen molar-refractivity contribution in [1.82, 2.24) is 4.98 Å². The fourth-order valence-electron chi connectivity index (χ4n) is 2.97. The van der Waals surface area contributed by atoms with Crippen molar-refractivity contribution in [3.63, 3.8) is 0 Å². The van der Waals surface area contributed by atoms with Crippen LogP contribution in [0.5, 0.6) is 0 Å². The molecule has 0 aliphatic heterocycles. The summed E-state index contributed by atoms with van der Waals surface area (Å²) in [5.41, 5.74) is 3.45. The zero-order valence-corrected chi connectivity index (χ0v) is 21.1. The van der Waals surface area contributed by atoms with E-state index in [0.717, 1.165) is 26.2 Å². The molecule has 5 nitrogen and oxygen atoms in total. The Bertz CT molecular complexity index is 1310. The number of carbonyl (C=O) groups is 2. The standard InChI is InChI=1S/C26H20BrN3O2S2/c27-20-12-10-19(11-13-20)23-16-34-26(29-23)30-25(32)17-33-22-8-4-7-21(15-22)28-24(31)14-9-18-5-2-1-3-6-18/h1-16H,17H2,(H,28,31)(H,29,30,32)/b14-9+. The van der Waals surface area contributed by atoms with Gasteiger partial charge in [0.1, 0.15) is 0 Å². The van der Waals surface area contributed by atoms with Gasteiger partial charge in [-0.05, 0) is 42.0 Å². The Labute approximate surface area is 214 Å². The molecule has 2 amide bonds. The quantitative estimate of drug-likeness (QED) is 0.184. The summed E-state index contributed by atoms with van der Waals surface area (Å²) in [6, 6.07) is 24.9. The van der Waals surface area contributed by atoms with Crippen LogP contribution in [0.25, 0.3) is 17.3 Å². The van der Waals surface area contributed by atoms with Gasteiger partial charge in [-0.3, -0.25) is 9.59 Å². The minimum atomic E-state index is -0.214. The van der Waals surface area contributed by atoms with E-state index in [2.05, 4.69) is 31.5 Å². The maximum Gasteiger partial charge on any atom is 0.248 e. The van der Waals surface area contributed by atoms with Crippen molar-refractivity contribution in [3.8, 4) is 11.3 Å². The first-order valence-corrected chi connectivity index (χ1v) is 13.0. The first-order valence-electron chi connectivity index (χ1n) is 10.3. The molecule has 0 fully saturated rings. The van der Waals surface area contributed by atoms with Gasteiger partial charge in [-0.15, -0.1) is 23.1 Å². The van der Waals surface area contributed by atoms with Crippen molar-refractivity contribution in [1.29, 1.82) is 0 Å². The van der Waals surface area contributed by atoms with Crippen LogP contribution < -0.4 is 10.6 Å². The molecule has 0 aliphatic rings. The van der Waals surface area contributed by atoms with E-state index in [9.17, 15) is 9.59 Å². The van der Waals surface area contributed by atoms with Gasteiger partial charge in [-0.2, -0.15) is 0 Å². The molecule has 0 radical (unpaired) electrons. The van der Waals surface area contributed by atoms with Gasteiger partial charge in [-0.25, -0.2) is 4.98 Å². The van der Waals surface area contributed by atoms with Gasteiger partial charge in [0.15, 0.2) is 5.13 Å². The van der Waals surface area contributed by atoms with E-state index in [1.54, 1.807) is 6.08 Å². The number of benzene rings is 3. The topological polar surface area (TPSA) is 71.1 Å². The number of anilines is 2. The van der Waals surface area contributed by atoms with Crippen molar-refractivity contribution in [2.75, 3.05) is 16.4 Å². The summed E-state index contributed by atoms with van der Waals surface area (Å²) in [4.78, 5) is 30.0. The Balaban J connectivity index is 1.28. The van der Waals surface area contributed by atoms with Gasteiger partial charge in [0, 0.05) is 32.1 Å². The fraction of sp³-hybridized carbons (Fsp3) is 0.0385. The molecule has 2 N–H and O–H groups in total. The van der Waals surface area contributed by atoms with E-state index in [0.29, 0.717) is 10.8 Å². The minimum Gasteiger partial charge on any atom is -0.322 e. The summed E-state index contributed by atoms with van der Waals surface area (Å²) >= 11 is 6.21. The second kappa shape index (κ2) is 11.8. The van der Waals surface area contributed by atoms with Crippen LogP contribution in [0.1, 0.15) is 5.56 Å². The lowest BCUT2D eigenvalue weighted by Crippen LogP contribution is -2.13. The van der Waals surface area contributed by atoms with Crippen molar-refractivity contribution in [3.05, 3.63) is 100 Å². The van der Waals surface area contributed by atoms with Gasteiger partial charge in [0.2, 0.25) is 11.8 Å². The van der Waals surface area contributed by atoms with E-state index in [1.165, 1.54) is 29.2 Å². The molecule has 3 aromatic carbocycles. The Morgan fingerprint density at radius 2 is 1.76 bits per heavy atom. The average Bonchev–Trinajstić information content (AvgIpc) is 3.31. The van der Waals surface area contributed by atoms with Crippen molar-refractivity contribution >= 4 is 67.7 Å². The number of carbonyl (C=O) groups excluding carboxylic acids is 2. The molecule has 0 saturated carbocycles. The van der Waals surface area contributed by atoms with Crippen LogP contribution >= 0.6 is 39.0 Å². The van der Waals surface area contributed by atoms with Crippen LogP contribution in [0.2, 0.25) is 0 Å². The number of hydrogen-bond donors (Lipinski definition) is 2. The van der Waals surface area contributed by atoms with Crippen LogP contribution in [0.15, 0.2) is 99.7 Å². The smallest absolute Gasteiger partial charge is 0.248 e. The first-order chi connectivity index (χ1) is 16.5. The Hall–Kier alpha value is -3.20. The number of thiazole rings is 1. The number of thioether (sulfide) groups is 1. The van der Waals surface area contributed by atoms with Crippen molar-refractivity contribution in [2.45, 2.75) is 4.90 Å². The van der Waals surface area contributed by atoms with Gasteiger partial charge < -0.3 is 10.6 Å². The maximum absolute atomic E-state index is 12.4. The summed E-state index contributed by atoms with van der Waals surface area (Å²) in [7, 11) is 0. The van der Waals surface area contributed by atoms with Gasteiger partial charge in [0.25, 0.3) is 0 Å². The molecule has 1 aromatic heterocycles. The van der Waals surface area contributed by atoms with Gasteiger partial charge >= 0.3 is 0 Å². The third-order valence-corrected chi connectivity index (χ3v) is 6.87. The Morgan fingerprint density at radius 1 is 0.971 bits per heavy atom. The lowest BCUT2D eigenvalue weighted by Gasteiger charge is -2.06. The Morgan fingerprint density at radius 3 is 2.56 bits per heavy atom. The molecule has 0 saturated heterocycles. The minimum absolute atomic E-state index is 0.137. The first kappa shape index (κ1) is 23.9. The average molecular weight is 551 g/mol. The number of nitrogens with zero attached hydrogens (tertiary/aromatic N) is 1. The highest BCUT2D eigenvalue weighted by molar-refractivity contribution is 9.10. The van der Waals surface area contributed by atoms with Crippen LogP contribution in [0.4, 0.5) is 10.8 Å². The molecule has 8 heteroatoms. The molecule has 0 atom stereocenters. The number of amides is 2. The molecule has 4 aromatic rings. The highest BCUT2D eigenvalue weighted by Crippen LogP contribution is 2.27. The predicted octanol–water partition coefficient (Wildman–Crippen LogP) is 6.96. The number of rotatable bonds is 8. The fourth-order valence-corrected chi connectivity index (χ4v) is 4.73. The monoisotopic (exact) mass is 549 g/mol. The summed E-state index contributed by atoms with van der Waals surface area (Å²) in [5.74, 6) is -0.116. The summed E-state index contributed by atoms with van der Waals surface area (Å²) in [6.45, 7) is 0. The molecule has 0 aliphatic carbocycles. The second-order valence-corrected chi connectivity index (χ2v) is 9.97. The third kappa shape index (κ3) is 7.15. The second-order valence-electron chi connectivity index (χ2n) is 7.14. The van der Waals surface area contributed by atoms with E-state index in [4.69, 9.17) is 0 Å². The van der Waals surface area contributed by atoms with Crippen LogP contribution in [-0.2, 0) is 9.59 Å². The van der Waals surface area contributed by atoms with Crippen LogP contribution in [-0.4, -0.2) is 22.6 Å². The highest BCUT2D eigenvalue weighted by Gasteiger charge is 2.09. The molecule has 0 bridgehead atoms. The molecule has 34 heavy (non-hydrogen) atoms. The van der Waals surface area contributed by atoms with Crippen molar-refractivity contribution in [2.24, 2.45) is 0 Å². The zero-order valence-electron chi connectivity index (χ0n) is 17.9. The largest absolute Gasteiger partial charge is 0.322 e. The number of nitrogens with one attached hydrogen (secondary N) is 2. The lowest BCUT2D eigenvalue weighted by molar-refractivity contribution is -0.114. The molecular formula is C26H20BrN3O2S2.